The standard InChI is InChI=1S/C20H27ClF2N2O2/c1-26-13-20(22,23)27-18-8-7-14(11-15(18)21)25-12-19(9-4-10-19)24-16-5-2-3-6-17(16)25/h7-8,11,16-17,24H,2-6,9-10,12-13H2,1H3/t16-,17-/m0/s1. The normalized spacial score (nSPS) is 27.2. The molecule has 0 radical (unpaired) electrons. The highest BCUT2D eigenvalue weighted by Gasteiger charge is 2.48. The number of hydrogen-bond donors (Lipinski definition) is 1. The molecule has 1 aromatic rings. The Hall–Kier alpha value is -1.11. The van der Waals surface area contributed by atoms with Crippen LogP contribution in [0.3, 0.4) is 0 Å². The smallest absolute Gasteiger partial charge is 0.421 e. The zero-order chi connectivity index (χ0) is 19.1. The van der Waals surface area contributed by atoms with Gasteiger partial charge < -0.3 is 19.7 Å². The Labute approximate surface area is 164 Å². The lowest BCUT2D eigenvalue weighted by Crippen LogP contribution is -2.72. The maximum atomic E-state index is 13.7. The molecule has 2 aliphatic carbocycles. The van der Waals surface area contributed by atoms with E-state index in [0.717, 1.165) is 18.7 Å². The second-order valence-electron chi connectivity index (χ2n) is 8.15. The number of benzene rings is 1. The molecule has 150 valence electrons. The van der Waals surface area contributed by atoms with Crippen LogP contribution in [0.15, 0.2) is 18.2 Å². The predicted molar refractivity (Wildman–Crippen MR) is 102 cm³/mol. The van der Waals surface area contributed by atoms with E-state index >= 15 is 0 Å². The molecule has 1 N–H and O–H groups in total. The van der Waals surface area contributed by atoms with E-state index in [9.17, 15) is 8.78 Å². The van der Waals surface area contributed by atoms with Crippen molar-refractivity contribution in [1.29, 1.82) is 0 Å². The van der Waals surface area contributed by atoms with E-state index in [0.29, 0.717) is 12.1 Å². The summed E-state index contributed by atoms with van der Waals surface area (Å²) >= 11 is 6.31. The van der Waals surface area contributed by atoms with Gasteiger partial charge in [0.05, 0.1) is 5.02 Å². The monoisotopic (exact) mass is 400 g/mol. The minimum Gasteiger partial charge on any atom is -0.429 e. The first-order valence-electron chi connectivity index (χ1n) is 9.81. The summed E-state index contributed by atoms with van der Waals surface area (Å²) in [6, 6.07) is 6.10. The largest absolute Gasteiger partial charge is 0.429 e. The first-order valence-corrected chi connectivity index (χ1v) is 10.2. The first-order chi connectivity index (χ1) is 12.9. The van der Waals surface area contributed by atoms with Gasteiger partial charge in [-0.2, -0.15) is 8.78 Å². The highest BCUT2D eigenvalue weighted by atomic mass is 35.5. The number of ether oxygens (including phenoxy) is 2. The van der Waals surface area contributed by atoms with Gasteiger partial charge in [0.1, 0.15) is 12.4 Å². The minimum atomic E-state index is -3.40. The van der Waals surface area contributed by atoms with Crippen molar-refractivity contribution >= 4 is 17.3 Å². The van der Waals surface area contributed by atoms with Crippen LogP contribution in [0.2, 0.25) is 5.02 Å². The Bertz CT molecular complexity index is 684. The molecular formula is C20H27ClF2N2O2. The van der Waals surface area contributed by atoms with Crippen LogP contribution in [-0.2, 0) is 4.74 Å². The van der Waals surface area contributed by atoms with Crippen molar-refractivity contribution in [1.82, 2.24) is 5.32 Å². The van der Waals surface area contributed by atoms with Crippen LogP contribution in [0.1, 0.15) is 44.9 Å². The number of methoxy groups -OCH3 is 1. The van der Waals surface area contributed by atoms with Gasteiger partial charge >= 0.3 is 6.11 Å². The molecule has 1 aliphatic heterocycles. The predicted octanol–water partition coefficient (Wildman–Crippen LogP) is 4.60. The molecule has 2 atom stereocenters. The van der Waals surface area contributed by atoms with Gasteiger partial charge in [0.2, 0.25) is 0 Å². The molecule has 3 fully saturated rings. The molecule has 0 bridgehead atoms. The molecule has 1 spiro atoms. The molecule has 1 aromatic carbocycles. The average molecular weight is 401 g/mol. The Balaban J connectivity index is 1.57. The van der Waals surface area contributed by atoms with E-state index < -0.39 is 12.7 Å². The summed E-state index contributed by atoms with van der Waals surface area (Å²) in [4.78, 5) is 2.45. The number of alkyl halides is 2. The number of nitrogens with zero attached hydrogens (tertiary/aromatic N) is 1. The van der Waals surface area contributed by atoms with Crippen LogP contribution in [0.4, 0.5) is 14.5 Å². The maximum Gasteiger partial charge on any atom is 0.421 e. The summed E-state index contributed by atoms with van der Waals surface area (Å²) in [7, 11) is 1.21. The Kier molecular flexibility index (Phi) is 5.25. The van der Waals surface area contributed by atoms with Crippen molar-refractivity contribution in [3.8, 4) is 5.75 Å². The van der Waals surface area contributed by atoms with E-state index in [1.54, 1.807) is 12.1 Å². The third-order valence-corrected chi connectivity index (χ3v) is 6.52. The lowest BCUT2D eigenvalue weighted by molar-refractivity contribution is -0.206. The average Bonchev–Trinajstić information content (AvgIpc) is 2.61. The third-order valence-electron chi connectivity index (χ3n) is 6.22. The van der Waals surface area contributed by atoms with E-state index in [1.165, 1.54) is 45.6 Å². The summed E-state index contributed by atoms with van der Waals surface area (Å²) < 4.78 is 36.7. The molecule has 1 saturated heterocycles. The van der Waals surface area contributed by atoms with Gasteiger partial charge in [-0.1, -0.05) is 24.4 Å². The van der Waals surface area contributed by atoms with Gasteiger partial charge in [0.25, 0.3) is 0 Å². The van der Waals surface area contributed by atoms with Crippen LogP contribution in [-0.4, -0.2) is 44.0 Å². The van der Waals surface area contributed by atoms with Crippen LogP contribution < -0.4 is 15.0 Å². The van der Waals surface area contributed by atoms with Gasteiger partial charge in [0, 0.05) is 37.0 Å². The van der Waals surface area contributed by atoms with E-state index in [-0.39, 0.29) is 16.3 Å². The minimum absolute atomic E-state index is 0.0175. The molecular weight excluding hydrogens is 374 g/mol. The zero-order valence-corrected chi connectivity index (χ0v) is 16.4. The Morgan fingerprint density at radius 1 is 1.26 bits per heavy atom. The van der Waals surface area contributed by atoms with Crippen LogP contribution in [0.25, 0.3) is 0 Å². The maximum absolute atomic E-state index is 13.7. The van der Waals surface area contributed by atoms with Gasteiger partial charge in [0.15, 0.2) is 0 Å². The second kappa shape index (κ2) is 7.37. The Morgan fingerprint density at radius 2 is 2.04 bits per heavy atom. The molecule has 1 heterocycles. The summed E-state index contributed by atoms with van der Waals surface area (Å²) in [6.45, 7) is 0.139. The lowest BCUT2D eigenvalue weighted by Gasteiger charge is -2.58. The number of fused-ring (bicyclic) bond motifs is 1. The fraction of sp³-hybridized carbons (Fsp3) is 0.700. The molecule has 4 nitrogen and oxygen atoms in total. The fourth-order valence-corrected chi connectivity index (χ4v) is 5.05. The van der Waals surface area contributed by atoms with Gasteiger partial charge in [-0.05, 0) is 50.3 Å². The van der Waals surface area contributed by atoms with Crippen molar-refractivity contribution in [2.45, 2.75) is 68.7 Å². The molecule has 0 unspecified atom stereocenters. The fourth-order valence-electron chi connectivity index (χ4n) is 4.83. The lowest BCUT2D eigenvalue weighted by atomic mass is 9.71. The zero-order valence-electron chi connectivity index (χ0n) is 15.6. The topological polar surface area (TPSA) is 33.7 Å². The van der Waals surface area contributed by atoms with Gasteiger partial charge in [-0.25, -0.2) is 0 Å². The molecule has 27 heavy (non-hydrogen) atoms. The summed E-state index contributed by atoms with van der Waals surface area (Å²) in [6.07, 6.45) is 5.09. The molecule has 3 aliphatic rings. The van der Waals surface area contributed by atoms with Crippen molar-refractivity contribution in [2.75, 3.05) is 25.2 Å². The Morgan fingerprint density at radius 3 is 2.70 bits per heavy atom. The number of hydrogen-bond acceptors (Lipinski definition) is 4. The number of rotatable bonds is 5. The number of anilines is 1. The highest BCUT2D eigenvalue weighted by molar-refractivity contribution is 6.32. The van der Waals surface area contributed by atoms with Crippen LogP contribution in [0, 0.1) is 0 Å². The van der Waals surface area contributed by atoms with E-state index in [4.69, 9.17) is 16.3 Å². The number of piperazine rings is 1. The van der Waals surface area contributed by atoms with Gasteiger partial charge in [-0.3, -0.25) is 0 Å². The molecule has 0 aromatic heterocycles. The second-order valence-corrected chi connectivity index (χ2v) is 8.56. The molecule has 0 amide bonds. The first kappa shape index (κ1) is 19.2. The quantitative estimate of drug-likeness (QED) is 0.783. The van der Waals surface area contributed by atoms with Crippen molar-refractivity contribution in [3.63, 3.8) is 0 Å². The molecule has 7 heteroatoms. The van der Waals surface area contributed by atoms with Crippen molar-refractivity contribution in [3.05, 3.63) is 23.2 Å². The number of nitrogens with one attached hydrogen (secondary N) is 1. The summed E-state index contributed by atoms with van der Waals surface area (Å²) in [5.41, 5.74) is 1.19. The van der Waals surface area contributed by atoms with Crippen LogP contribution in [0.5, 0.6) is 5.75 Å². The SMILES string of the molecule is COCC(F)(F)Oc1ccc(N2CC3(CCC3)N[C@H]3CCCC[C@@H]32)cc1Cl. The summed E-state index contributed by atoms with van der Waals surface area (Å²) in [5, 5.41) is 4.13. The third kappa shape index (κ3) is 3.89. The van der Waals surface area contributed by atoms with E-state index in [2.05, 4.69) is 15.0 Å². The van der Waals surface area contributed by atoms with Crippen LogP contribution >= 0.6 is 11.6 Å². The molecule has 2 saturated carbocycles. The van der Waals surface area contributed by atoms with Crippen molar-refractivity contribution < 1.29 is 18.3 Å². The number of halogens is 3. The van der Waals surface area contributed by atoms with Crippen molar-refractivity contribution in [2.24, 2.45) is 0 Å². The van der Waals surface area contributed by atoms with Gasteiger partial charge in [-0.15, -0.1) is 0 Å². The van der Waals surface area contributed by atoms with E-state index in [1.807, 2.05) is 6.07 Å². The highest BCUT2D eigenvalue weighted by Crippen LogP contribution is 2.43. The molecule has 4 rings (SSSR count). The summed E-state index contributed by atoms with van der Waals surface area (Å²) in [5.74, 6) is -0.0175.